The maximum atomic E-state index is 13.1. The number of aliphatic hydroxyl groups excluding tert-OH is 1. The minimum atomic E-state index is -4.53. The first-order chi connectivity index (χ1) is 16.0. The van der Waals surface area contributed by atoms with E-state index in [0.717, 1.165) is 16.7 Å². The van der Waals surface area contributed by atoms with E-state index in [9.17, 15) is 32.7 Å². The van der Waals surface area contributed by atoms with E-state index in [1.807, 2.05) is 0 Å². The van der Waals surface area contributed by atoms with E-state index >= 15 is 0 Å². The van der Waals surface area contributed by atoms with Gasteiger partial charge in [0.1, 0.15) is 12.4 Å². The number of carbonyl (C=O) groups is 2. The summed E-state index contributed by atoms with van der Waals surface area (Å²) in [6.45, 7) is 2.14. The zero-order valence-electron chi connectivity index (χ0n) is 18.4. The number of hydrogen-bond donors (Lipinski definition) is 2. The second kappa shape index (κ2) is 10.0. The lowest BCUT2D eigenvalue weighted by Crippen LogP contribution is -2.33. The molecule has 0 bridgehead atoms. The summed E-state index contributed by atoms with van der Waals surface area (Å²) in [4.78, 5) is 41.8. The second-order valence-corrected chi connectivity index (χ2v) is 7.62. The van der Waals surface area contributed by atoms with E-state index in [0.29, 0.717) is 16.9 Å². The third-order valence-electron chi connectivity index (χ3n) is 5.16. The number of amides is 1. The summed E-state index contributed by atoms with van der Waals surface area (Å²) in [5.41, 5.74) is 0.0190. The monoisotopic (exact) mass is 473 g/mol. The van der Waals surface area contributed by atoms with Crippen LogP contribution in [0.15, 0.2) is 53.3 Å². The Balaban J connectivity index is 2.01. The van der Waals surface area contributed by atoms with Gasteiger partial charge < -0.3 is 10.4 Å². The van der Waals surface area contributed by atoms with Gasteiger partial charge in [-0.05, 0) is 38.1 Å². The van der Waals surface area contributed by atoms with Gasteiger partial charge in [0.15, 0.2) is 5.78 Å². The fraction of sp³-hybridized carbons (Fsp3) is 0.250. The summed E-state index contributed by atoms with van der Waals surface area (Å²) in [5.74, 6) is -0.768. The molecule has 0 saturated heterocycles. The van der Waals surface area contributed by atoms with Crippen LogP contribution in [0, 0.1) is 6.92 Å². The third-order valence-corrected chi connectivity index (χ3v) is 5.16. The van der Waals surface area contributed by atoms with Crippen LogP contribution in [0.25, 0.3) is 11.4 Å². The molecule has 0 aliphatic rings. The molecule has 3 aromatic rings. The van der Waals surface area contributed by atoms with Crippen LogP contribution in [0.5, 0.6) is 0 Å². The molecule has 10 heteroatoms. The number of aliphatic hydroxyl groups is 1. The Hall–Kier alpha value is -3.79. The molecule has 2 N–H and O–H groups in total. The van der Waals surface area contributed by atoms with Gasteiger partial charge >= 0.3 is 6.18 Å². The molecule has 3 rings (SSSR count). The highest BCUT2D eigenvalue weighted by Crippen LogP contribution is 2.30. The molecule has 1 aromatic heterocycles. The van der Waals surface area contributed by atoms with Crippen LogP contribution in [0.4, 0.5) is 18.9 Å². The van der Waals surface area contributed by atoms with Gasteiger partial charge in [-0.15, -0.1) is 0 Å². The SMILES string of the molecule is CC(=O)c1cccc(NC(=O)Cn2c(-c3ccc(C(F)(F)F)cc3)nc(C)c(CCO)c2=O)c1. The molecule has 0 spiro atoms. The summed E-state index contributed by atoms with van der Waals surface area (Å²) < 4.78 is 39.9. The first kappa shape index (κ1) is 24.8. The quantitative estimate of drug-likeness (QED) is 0.511. The van der Waals surface area contributed by atoms with Crippen LogP contribution in [-0.4, -0.2) is 33.0 Å². The average molecular weight is 473 g/mol. The lowest BCUT2D eigenvalue weighted by Gasteiger charge is -2.16. The molecule has 0 saturated carbocycles. The molecule has 2 aromatic carbocycles. The first-order valence-corrected chi connectivity index (χ1v) is 10.3. The maximum Gasteiger partial charge on any atom is 0.416 e. The lowest BCUT2D eigenvalue weighted by molar-refractivity contribution is -0.137. The number of alkyl halides is 3. The molecule has 7 nitrogen and oxygen atoms in total. The van der Waals surface area contributed by atoms with Gasteiger partial charge in [-0.1, -0.05) is 24.3 Å². The van der Waals surface area contributed by atoms with E-state index in [4.69, 9.17) is 0 Å². The number of rotatable bonds is 7. The predicted octanol–water partition coefficient (Wildman–Crippen LogP) is 3.61. The number of Topliss-reactive ketones (excluding diaryl/α,β-unsaturated/α-hetero) is 1. The van der Waals surface area contributed by atoms with Crippen LogP contribution in [0.1, 0.15) is 34.1 Å². The molecule has 1 amide bonds. The highest BCUT2D eigenvalue weighted by Gasteiger charge is 2.30. The minimum absolute atomic E-state index is 0.00718. The lowest BCUT2D eigenvalue weighted by atomic mass is 10.1. The molecule has 0 radical (unpaired) electrons. The Bertz CT molecular complexity index is 1280. The Morgan fingerprint density at radius 3 is 2.38 bits per heavy atom. The smallest absolute Gasteiger partial charge is 0.396 e. The van der Waals surface area contributed by atoms with Gasteiger partial charge in [0.05, 0.1) is 5.56 Å². The van der Waals surface area contributed by atoms with Crippen LogP contribution in [0.2, 0.25) is 0 Å². The average Bonchev–Trinajstić information content (AvgIpc) is 2.78. The van der Waals surface area contributed by atoms with Crippen LogP contribution >= 0.6 is 0 Å². The van der Waals surface area contributed by atoms with E-state index in [-0.39, 0.29) is 35.8 Å². The van der Waals surface area contributed by atoms with Crippen molar-refractivity contribution in [3.05, 3.63) is 81.3 Å². The van der Waals surface area contributed by atoms with Crippen molar-refractivity contribution in [3.63, 3.8) is 0 Å². The Morgan fingerprint density at radius 1 is 1.12 bits per heavy atom. The normalized spacial score (nSPS) is 11.4. The van der Waals surface area contributed by atoms with Crippen LogP contribution in [-0.2, 0) is 23.9 Å². The Morgan fingerprint density at radius 2 is 1.79 bits per heavy atom. The molecule has 0 atom stereocenters. The summed E-state index contributed by atoms with van der Waals surface area (Å²) in [7, 11) is 0. The van der Waals surface area contributed by atoms with Gasteiger partial charge in [-0.25, -0.2) is 4.98 Å². The van der Waals surface area contributed by atoms with Crippen molar-refractivity contribution in [1.82, 2.24) is 9.55 Å². The Labute approximate surface area is 192 Å². The standard InChI is InChI=1S/C24H22F3N3O4/c1-14-20(10-11-31)23(34)30(13-21(33)29-19-5-3-4-17(12-19)15(2)32)22(28-14)16-6-8-18(9-7-16)24(25,26)27/h3-9,12,31H,10-11,13H2,1-2H3,(H,29,33). The summed E-state index contributed by atoms with van der Waals surface area (Å²) in [6.07, 6.45) is -4.52. The molecule has 0 unspecified atom stereocenters. The zero-order valence-corrected chi connectivity index (χ0v) is 18.4. The van der Waals surface area contributed by atoms with Crippen molar-refractivity contribution in [2.75, 3.05) is 11.9 Å². The highest BCUT2D eigenvalue weighted by atomic mass is 19.4. The number of benzene rings is 2. The topological polar surface area (TPSA) is 101 Å². The van der Waals surface area contributed by atoms with Crippen LogP contribution in [0.3, 0.4) is 0 Å². The molecule has 0 aliphatic carbocycles. The third kappa shape index (κ3) is 5.57. The van der Waals surface area contributed by atoms with Gasteiger partial charge in [0.25, 0.3) is 5.56 Å². The number of carbonyl (C=O) groups excluding carboxylic acids is 2. The van der Waals surface area contributed by atoms with Gasteiger partial charge in [0, 0.05) is 41.1 Å². The zero-order chi connectivity index (χ0) is 25.0. The maximum absolute atomic E-state index is 13.1. The highest BCUT2D eigenvalue weighted by molar-refractivity contribution is 5.97. The summed E-state index contributed by atoms with van der Waals surface area (Å²) >= 11 is 0. The molecule has 178 valence electrons. The van der Waals surface area contributed by atoms with Crippen molar-refractivity contribution in [3.8, 4) is 11.4 Å². The number of nitrogens with zero attached hydrogens (tertiary/aromatic N) is 2. The number of halogens is 3. The largest absolute Gasteiger partial charge is 0.416 e. The van der Waals surface area contributed by atoms with Crippen molar-refractivity contribution in [2.24, 2.45) is 0 Å². The fourth-order valence-corrected chi connectivity index (χ4v) is 3.44. The number of hydrogen-bond acceptors (Lipinski definition) is 5. The molecule has 0 aliphatic heterocycles. The number of ketones is 1. The first-order valence-electron chi connectivity index (χ1n) is 10.3. The second-order valence-electron chi connectivity index (χ2n) is 7.62. The number of anilines is 1. The van der Waals surface area contributed by atoms with E-state index in [2.05, 4.69) is 10.3 Å². The number of nitrogens with one attached hydrogen (secondary N) is 1. The molecular weight excluding hydrogens is 451 g/mol. The molecular formula is C24H22F3N3O4. The van der Waals surface area contributed by atoms with Gasteiger partial charge in [-0.2, -0.15) is 13.2 Å². The van der Waals surface area contributed by atoms with Crippen LogP contribution < -0.4 is 10.9 Å². The fourth-order valence-electron chi connectivity index (χ4n) is 3.44. The van der Waals surface area contributed by atoms with Crippen molar-refractivity contribution in [2.45, 2.75) is 33.0 Å². The van der Waals surface area contributed by atoms with Gasteiger partial charge in [0.2, 0.25) is 5.91 Å². The Kier molecular flexibility index (Phi) is 7.31. The van der Waals surface area contributed by atoms with E-state index in [1.165, 1.54) is 25.1 Å². The van der Waals surface area contributed by atoms with E-state index in [1.54, 1.807) is 25.1 Å². The summed E-state index contributed by atoms with van der Waals surface area (Å²) in [6, 6.07) is 10.4. The van der Waals surface area contributed by atoms with Crippen molar-refractivity contribution < 1.29 is 27.9 Å². The number of aromatic nitrogens is 2. The minimum Gasteiger partial charge on any atom is -0.396 e. The number of aryl methyl sites for hydroxylation is 1. The molecule has 34 heavy (non-hydrogen) atoms. The van der Waals surface area contributed by atoms with E-state index < -0.39 is 29.8 Å². The molecule has 1 heterocycles. The summed E-state index contributed by atoms with van der Waals surface area (Å²) in [5, 5.41) is 11.9. The molecule has 0 fully saturated rings. The van der Waals surface area contributed by atoms with Crippen molar-refractivity contribution in [1.29, 1.82) is 0 Å². The predicted molar refractivity (Wildman–Crippen MR) is 120 cm³/mol. The van der Waals surface area contributed by atoms with Gasteiger partial charge in [-0.3, -0.25) is 19.0 Å². The van der Waals surface area contributed by atoms with Crippen molar-refractivity contribution >= 4 is 17.4 Å².